The van der Waals surface area contributed by atoms with Crippen molar-refractivity contribution in [2.75, 3.05) is 6.54 Å². The van der Waals surface area contributed by atoms with Crippen molar-refractivity contribution in [3.05, 3.63) is 23.5 Å². The van der Waals surface area contributed by atoms with Gasteiger partial charge in [0.15, 0.2) is 16.6 Å². The van der Waals surface area contributed by atoms with E-state index in [9.17, 15) is 14.4 Å². The van der Waals surface area contributed by atoms with E-state index in [4.69, 9.17) is 18.3 Å². The van der Waals surface area contributed by atoms with Crippen LogP contribution in [0.5, 0.6) is 0 Å². The van der Waals surface area contributed by atoms with E-state index in [-0.39, 0.29) is 16.0 Å². The number of carbonyl (C=O) groups is 3. The Hall–Kier alpha value is -2.16. The summed E-state index contributed by atoms with van der Waals surface area (Å²) in [6, 6.07) is 0.137. The largest absolute Gasteiger partial charge is 0.444 e. The van der Waals surface area contributed by atoms with E-state index >= 15 is 0 Å². The average Bonchev–Trinajstić information content (AvgIpc) is 3.35. The van der Waals surface area contributed by atoms with Gasteiger partial charge in [-0.25, -0.2) is 9.59 Å². The van der Waals surface area contributed by atoms with Gasteiger partial charge in [0.05, 0.1) is 35.5 Å². The van der Waals surface area contributed by atoms with Gasteiger partial charge in [0.1, 0.15) is 11.2 Å². The van der Waals surface area contributed by atoms with E-state index < -0.39 is 64.3 Å². The molecule has 1 unspecified atom stereocenters. The fraction of sp³-hybridized carbons (Fsp3) is 0.781. The number of rotatable bonds is 5. The zero-order valence-corrected chi connectivity index (χ0v) is 31.9. The van der Waals surface area contributed by atoms with Gasteiger partial charge in [-0.3, -0.25) is 9.36 Å². The number of ether oxygens (including phenoxy) is 2. The van der Waals surface area contributed by atoms with Crippen molar-refractivity contribution in [2.24, 2.45) is 0 Å². The Bertz CT molecular complexity index is 1260. The van der Waals surface area contributed by atoms with Gasteiger partial charge in [0.25, 0.3) is 5.91 Å². The number of alkyl carbamates (subject to hydrolysis) is 1. The molecule has 0 saturated carbocycles. The quantitative estimate of drug-likeness (QED) is 0.329. The molecule has 1 aromatic heterocycles. The van der Waals surface area contributed by atoms with Crippen molar-refractivity contribution in [3.63, 3.8) is 0 Å². The second kappa shape index (κ2) is 11.6. The standard InChI is InChI=1S/C32H57N3O7Si2/c1-29(2,3)39-27(37)33-22-23-20(17-18-34(23)28(38)40-30(4,5)6)26(36)35-19-21(41-43(13,14)31(7,8)9)25(24(22)35)42-44(15,16)32(10,11)12/h17-18,21-22,24-25H,19H2,1-16H3,(H,33,37)/t21-,22+,24?,25+/m0/s1. The molecule has 0 aromatic carbocycles. The van der Waals surface area contributed by atoms with Crippen LogP contribution < -0.4 is 5.32 Å². The molecule has 0 bridgehead atoms. The predicted octanol–water partition coefficient (Wildman–Crippen LogP) is 7.46. The molecule has 4 atom stereocenters. The molecular formula is C32H57N3O7Si2. The van der Waals surface area contributed by atoms with E-state index in [2.05, 4.69) is 73.0 Å². The third-order valence-electron chi connectivity index (χ3n) is 9.24. The molecule has 0 radical (unpaired) electrons. The fourth-order valence-corrected chi connectivity index (χ4v) is 7.69. The summed E-state index contributed by atoms with van der Waals surface area (Å²) in [6.45, 7) is 32.8. The number of carbonyl (C=O) groups excluding carboxylic acids is 3. The van der Waals surface area contributed by atoms with Crippen LogP contribution in [0.4, 0.5) is 9.59 Å². The highest BCUT2D eigenvalue weighted by molar-refractivity contribution is 6.74. The zero-order chi connectivity index (χ0) is 34.0. The molecular weight excluding hydrogens is 595 g/mol. The van der Waals surface area contributed by atoms with Crippen molar-refractivity contribution in [1.29, 1.82) is 0 Å². The molecule has 1 N–H and O–H groups in total. The second-order valence-corrected chi connectivity index (χ2v) is 26.8. The smallest absolute Gasteiger partial charge is 0.418 e. The number of nitrogens with one attached hydrogen (secondary N) is 1. The maximum absolute atomic E-state index is 14.2. The molecule has 44 heavy (non-hydrogen) atoms. The first kappa shape index (κ1) is 36.3. The van der Waals surface area contributed by atoms with E-state index in [0.29, 0.717) is 17.8 Å². The molecule has 3 rings (SSSR count). The topological polar surface area (TPSA) is 108 Å². The van der Waals surface area contributed by atoms with Gasteiger partial charge in [0, 0.05) is 12.7 Å². The highest BCUT2D eigenvalue weighted by Crippen LogP contribution is 2.47. The maximum atomic E-state index is 14.2. The van der Waals surface area contributed by atoms with E-state index in [0.717, 1.165) is 0 Å². The summed E-state index contributed by atoms with van der Waals surface area (Å²) in [5.74, 6) is -0.236. The number of nitrogens with zero attached hydrogens (tertiary/aromatic N) is 2. The van der Waals surface area contributed by atoms with E-state index in [1.165, 1.54) is 10.8 Å². The highest BCUT2D eigenvalue weighted by Gasteiger charge is 2.58. The van der Waals surface area contributed by atoms with Crippen LogP contribution in [0.2, 0.25) is 36.3 Å². The molecule has 2 aliphatic heterocycles. The summed E-state index contributed by atoms with van der Waals surface area (Å²) in [4.78, 5) is 42.9. The monoisotopic (exact) mass is 651 g/mol. The molecule has 0 spiro atoms. The molecule has 2 amide bonds. The Morgan fingerprint density at radius 1 is 0.818 bits per heavy atom. The van der Waals surface area contributed by atoms with Crippen LogP contribution in [-0.2, 0) is 18.3 Å². The van der Waals surface area contributed by atoms with Crippen molar-refractivity contribution in [3.8, 4) is 0 Å². The molecule has 1 aromatic rings. The summed E-state index contributed by atoms with van der Waals surface area (Å²) >= 11 is 0. The fourth-order valence-electron chi connectivity index (χ4n) is 5.04. The van der Waals surface area contributed by atoms with Gasteiger partial charge in [-0.1, -0.05) is 41.5 Å². The van der Waals surface area contributed by atoms with Gasteiger partial charge >= 0.3 is 12.2 Å². The lowest BCUT2D eigenvalue weighted by Crippen LogP contribution is -2.58. The third-order valence-corrected chi connectivity index (χ3v) is 18.2. The summed E-state index contributed by atoms with van der Waals surface area (Å²) < 4.78 is 26.9. The Morgan fingerprint density at radius 3 is 1.80 bits per heavy atom. The second-order valence-electron chi connectivity index (χ2n) is 17.3. The molecule has 1 saturated heterocycles. The van der Waals surface area contributed by atoms with Crippen molar-refractivity contribution < 1.29 is 32.7 Å². The number of fused-ring (bicyclic) bond motifs is 2. The number of hydrogen-bond donors (Lipinski definition) is 1. The zero-order valence-electron chi connectivity index (χ0n) is 29.9. The van der Waals surface area contributed by atoms with Crippen LogP contribution in [0.25, 0.3) is 0 Å². The summed E-state index contributed by atoms with van der Waals surface area (Å²) in [5.41, 5.74) is -0.845. The first-order chi connectivity index (χ1) is 19.6. The first-order valence-electron chi connectivity index (χ1n) is 15.7. The summed E-state index contributed by atoms with van der Waals surface area (Å²) in [6.07, 6.45) is -0.745. The minimum atomic E-state index is -2.43. The normalized spacial score (nSPS) is 23.3. The molecule has 0 aliphatic carbocycles. The van der Waals surface area contributed by atoms with Crippen LogP contribution in [0.1, 0.15) is 105 Å². The van der Waals surface area contributed by atoms with Crippen LogP contribution >= 0.6 is 0 Å². The lowest BCUT2D eigenvalue weighted by Gasteiger charge is -2.45. The van der Waals surface area contributed by atoms with Crippen LogP contribution in [0, 0.1) is 0 Å². The van der Waals surface area contributed by atoms with Gasteiger partial charge < -0.3 is 28.5 Å². The molecule has 3 heterocycles. The molecule has 2 aliphatic rings. The number of amides is 2. The third kappa shape index (κ3) is 7.62. The van der Waals surface area contributed by atoms with Crippen LogP contribution in [0.15, 0.2) is 12.3 Å². The van der Waals surface area contributed by atoms with Crippen LogP contribution in [-0.4, -0.2) is 80.2 Å². The number of aromatic nitrogens is 1. The minimum Gasteiger partial charge on any atom is -0.444 e. The van der Waals surface area contributed by atoms with E-state index in [1.54, 1.807) is 52.5 Å². The minimum absolute atomic E-state index is 0.0773. The first-order valence-corrected chi connectivity index (χ1v) is 21.5. The Kier molecular flexibility index (Phi) is 9.55. The van der Waals surface area contributed by atoms with E-state index in [1.807, 2.05) is 0 Å². The van der Waals surface area contributed by atoms with Crippen molar-refractivity contribution in [2.45, 2.75) is 155 Å². The molecule has 250 valence electrons. The summed E-state index contributed by atoms with van der Waals surface area (Å²) in [5, 5.41) is 2.84. The average molecular weight is 652 g/mol. The highest BCUT2D eigenvalue weighted by atomic mass is 28.4. The lowest BCUT2D eigenvalue weighted by molar-refractivity contribution is 0.0232. The van der Waals surface area contributed by atoms with Crippen LogP contribution in [0.3, 0.4) is 0 Å². The van der Waals surface area contributed by atoms with Crippen molar-refractivity contribution in [1.82, 2.24) is 14.8 Å². The maximum Gasteiger partial charge on any atom is 0.418 e. The Morgan fingerprint density at radius 2 is 1.32 bits per heavy atom. The van der Waals surface area contributed by atoms with Gasteiger partial charge in [0.2, 0.25) is 0 Å². The van der Waals surface area contributed by atoms with Gasteiger partial charge in [-0.2, -0.15) is 0 Å². The molecule has 1 fully saturated rings. The Balaban J connectivity index is 2.23. The Labute approximate surface area is 266 Å². The van der Waals surface area contributed by atoms with Gasteiger partial charge in [-0.15, -0.1) is 0 Å². The van der Waals surface area contributed by atoms with Gasteiger partial charge in [-0.05, 0) is 83.9 Å². The SMILES string of the molecule is CC(C)(C)OC(=O)N[C@@H]1c2c(ccn2C(=O)OC(C)(C)C)C(=O)N2C[C@H](O[Si](C)(C)C(C)(C)C)[C@@H](O[Si](C)(C)C(C)(C)C)C12. The predicted molar refractivity (Wildman–Crippen MR) is 177 cm³/mol. The summed E-state index contributed by atoms with van der Waals surface area (Å²) in [7, 11) is -4.74. The van der Waals surface area contributed by atoms with Crippen molar-refractivity contribution >= 4 is 34.7 Å². The molecule has 12 heteroatoms. The molecule has 10 nitrogen and oxygen atoms in total. The lowest BCUT2D eigenvalue weighted by atomic mass is 9.92. The number of hydrogen-bond acceptors (Lipinski definition) is 7.